The normalized spacial score (nSPS) is 11.7. The molecule has 0 aliphatic rings. The van der Waals surface area contributed by atoms with Crippen molar-refractivity contribution in [3.05, 3.63) is 70.2 Å². The number of aromatic nitrogens is 2. The average molecular weight is 395 g/mol. The van der Waals surface area contributed by atoms with Gasteiger partial charge in [-0.2, -0.15) is 4.68 Å². The number of amides is 1. The molecule has 0 radical (unpaired) electrons. The molecular weight excluding hydrogens is 374 g/mol. The van der Waals surface area contributed by atoms with Crippen molar-refractivity contribution >= 4 is 17.6 Å². The molecule has 150 valence electrons. The summed E-state index contributed by atoms with van der Waals surface area (Å²) in [6, 6.07) is 14.5. The van der Waals surface area contributed by atoms with Crippen LogP contribution in [0.4, 0.5) is 5.69 Å². The largest absolute Gasteiger partial charge is 0.451 e. The Bertz CT molecular complexity index is 1090. The van der Waals surface area contributed by atoms with Gasteiger partial charge in [0, 0.05) is 11.3 Å². The van der Waals surface area contributed by atoms with Gasteiger partial charge < -0.3 is 14.5 Å². The maximum atomic E-state index is 12.3. The van der Waals surface area contributed by atoms with Crippen molar-refractivity contribution in [3.63, 3.8) is 0 Å². The number of rotatable bonds is 6. The average Bonchev–Trinajstić information content (AvgIpc) is 3.05. The van der Waals surface area contributed by atoms with Gasteiger partial charge in [-0.15, -0.1) is 5.10 Å². The van der Waals surface area contributed by atoms with Gasteiger partial charge in [0.05, 0.1) is 0 Å². The first kappa shape index (κ1) is 20.1. The van der Waals surface area contributed by atoms with E-state index in [-0.39, 0.29) is 5.89 Å². The highest BCUT2D eigenvalue weighted by Crippen LogP contribution is 2.17. The van der Waals surface area contributed by atoms with Crippen molar-refractivity contribution in [3.8, 4) is 11.5 Å². The number of benzene rings is 2. The standard InChI is InChI=1S/C21H21N3O5/c1-13-9-10-14(2)17(11-13)22-19(26)15(3)28-18(25)12-24-21(27)29-20(23-24)16-7-5-4-6-8-16/h4-11,15H,12H2,1-3H3,(H,22,26)/t15-/m0/s1. The third-order valence-corrected chi connectivity index (χ3v) is 4.23. The van der Waals surface area contributed by atoms with Crippen LogP contribution in [0.15, 0.2) is 57.7 Å². The lowest BCUT2D eigenvalue weighted by Gasteiger charge is -2.15. The predicted octanol–water partition coefficient (Wildman–Crippen LogP) is 2.69. The Labute approximate surface area is 167 Å². The second-order valence-corrected chi connectivity index (χ2v) is 6.64. The Hall–Kier alpha value is -3.68. The molecule has 0 fully saturated rings. The fourth-order valence-electron chi connectivity index (χ4n) is 2.62. The summed E-state index contributed by atoms with van der Waals surface area (Å²) in [5.74, 6) is -1.93. The van der Waals surface area contributed by atoms with Gasteiger partial charge >= 0.3 is 11.7 Å². The summed E-state index contributed by atoms with van der Waals surface area (Å²) >= 11 is 0. The molecule has 0 unspecified atom stereocenters. The van der Waals surface area contributed by atoms with Gasteiger partial charge in [0.2, 0.25) is 5.89 Å². The molecule has 0 saturated carbocycles. The highest BCUT2D eigenvalue weighted by Gasteiger charge is 2.20. The zero-order valence-electron chi connectivity index (χ0n) is 16.3. The van der Waals surface area contributed by atoms with E-state index in [0.29, 0.717) is 11.3 Å². The lowest BCUT2D eigenvalue weighted by atomic mass is 10.1. The van der Waals surface area contributed by atoms with Gasteiger partial charge in [-0.3, -0.25) is 9.59 Å². The molecule has 1 amide bonds. The second-order valence-electron chi connectivity index (χ2n) is 6.64. The first-order valence-corrected chi connectivity index (χ1v) is 9.04. The van der Waals surface area contributed by atoms with E-state index in [1.807, 2.05) is 38.1 Å². The fraction of sp³-hybridized carbons (Fsp3) is 0.238. The van der Waals surface area contributed by atoms with Crippen molar-refractivity contribution in [1.29, 1.82) is 0 Å². The Morgan fingerprint density at radius 2 is 1.90 bits per heavy atom. The van der Waals surface area contributed by atoms with E-state index >= 15 is 0 Å². The number of ether oxygens (including phenoxy) is 1. The first-order chi connectivity index (χ1) is 13.8. The van der Waals surface area contributed by atoms with Crippen molar-refractivity contribution in [2.75, 3.05) is 5.32 Å². The quantitative estimate of drug-likeness (QED) is 0.644. The third-order valence-electron chi connectivity index (χ3n) is 4.23. The lowest BCUT2D eigenvalue weighted by Crippen LogP contribution is -2.32. The zero-order chi connectivity index (χ0) is 21.0. The van der Waals surface area contributed by atoms with Gasteiger partial charge in [-0.1, -0.05) is 30.3 Å². The van der Waals surface area contributed by atoms with Crippen LogP contribution in [0.2, 0.25) is 0 Å². The van der Waals surface area contributed by atoms with Crippen molar-refractivity contribution < 1.29 is 18.7 Å². The smallest absolute Gasteiger partial charge is 0.437 e. The summed E-state index contributed by atoms with van der Waals surface area (Å²) in [5, 5.41) is 6.74. The molecule has 8 nitrogen and oxygen atoms in total. The number of hydrogen-bond donors (Lipinski definition) is 1. The number of hydrogen-bond acceptors (Lipinski definition) is 6. The number of anilines is 1. The summed E-state index contributed by atoms with van der Waals surface area (Å²) in [6.07, 6.45) is -1.04. The number of nitrogens with zero attached hydrogens (tertiary/aromatic N) is 2. The number of carbonyl (C=O) groups excluding carboxylic acids is 2. The topological polar surface area (TPSA) is 103 Å². The molecule has 2 aromatic carbocycles. The molecule has 1 heterocycles. The van der Waals surface area contributed by atoms with Gasteiger partial charge in [-0.05, 0) is 50.1 Å². The van der Waals surface area contributed by atoms with E-state index in [1.54, 1.807) is 24.3 Å². The second kappa shape index (κ2) is 8.55. The van der Waals surface area contributed by atoms with Gasteiger partial charge in [0.15, 0.2) is 6.10 Å². The molecule has 0 aliphatic carbocycles. The maximum Gasteiger partial charge on any atom is 0.437 e. The van der Waals surface area contributed by atoms with Crippen LogP contribution >= 0.6 is 0 Å². The molecule has 0 aliphatic heterocycles. The van der Waals surface area contributed by atoms with Crippen LogP contribution in [-0.2, 0) is 20.9 Å². The minimum absolute atomic E-state index is 0.101. The Balaban J connectivity index is 1.62. The van der Waals surface area contributed by atoms with E-state index in [1.165, 1.54) is 6.92 Å². The summed E-state index contributed by atoms with van der Waals surface area (Å²) in [4.78, 5) is 36.4. The predicted molar refractivity (Wildman–Crippen MR) is 106 cm³/mol. The van der Waals surface area contributed by atoms with Crippen LogP contribution in [0.5, 0.6) is 0 Å². The van der Waals surface area contributed by atoms with Crippen molar-refractivity contribution in [1.82, 2.24) is 9.78 Å². The first-order valence-electron chi connectivity index (χ1n) is 9.04. The molecule has 3 aromatic rings. The fourth-order valence-corrected chi connectivity index (χ4v) is 2.62. The Morgan fingerprint density at radius 1 is 1.17 bits per heavy atom. The van der Waals surface area contributed by atoms with Gasteiger partial charge in [-0.25, -0.2) is 4.79 Å². The van der Waals surface area contributed by atoms with E-state index < -0.39 is 30.3 Å². The Morgan fingerprint density at radius 3 is 2.62 bits per heavy atom. The minimum Gasteiger partial charge on any atom is -0.451 e. The highest BCUT2D eigenvalue weighted by atomic mass is 16.5. The van der Waals surface area contributed by atoms with Crippen molar-refractivity contribution in [2.45, 2.75) is 33.4 Å². The zero-order valence-corrected chi connectivity index (χ0v) is 16.3. The molecular formula is C21H21N3O5. The van der Waals surface area contributed by atoms with Crippen LogP contribution in [0.1, 0.15) is 18.1 Å². The van der Waals surface area contributed by atoms with Crippen LogP contribution in [0.25, 0.3) is 11.5 Å². The molecule has 29 heavy (non-hydrogen) atoms. The van der Waals surface area contributed by atoms with E-state index in [9.17, 15) is 14.4 Å². The van der Waals surface area contributed by atoms with Crippen LogP contribution in [-0.4, -0.2) is 27.8 Å². The number of aryl methyl sites for hydroxylation is 2. The molecule has 0 bridgehead atoms. The number of nitrogens with one attached hydrogen (secondary N) is 1. The summed E-state index contributed by atoms with van der Waals surface area (Å²) < 4.78 is 11.1. The van der Waals surface area contributed by atoms with E-state index in [2.05, 4.69) is 10.4 Å². The molecule has 1 N–H and O–H groups in total. The van der Waals surface area contributed by atoms with E-state index in [0.717, 1.165) is 15.8 Å². The molecule has 0 spiro atoms. The molecule has 1 atom stereocenters. The van der Waals surface area contributed by atoms with Gasteiger partial charge in [0.1, 0.15) is 6.54 Å². The maximum absolute atomic E-state index is 12.3. The minimum atomic E-state index is -1.04. The monoisotopic (exact) mass is 395 g/mol. The van der Waals surface area contributed by atoms with Crippen LogP contribution in [0.3, 0.4) is 0 Å². The molecule has 0 saturated heterocycles. The number of esters is 1. The van der Waals surface area contributed by atoms with Crippen LogP contribution < -0.4 is 11.1 Å². The van der Waals surface area contributed by atoms with Crippen molar-refractivity contribution in [2.24, 2.45) is 0 Å². The molecule has 1 aromatic heterocycles. The third kappa shape index (κ3) is 4.98. The highest BCUT2D eigenvalue weighted by molar-refractivity contribution is 5.95. The molecule has 3 rings (SSSR count). The van der Waals surface area contributed by atoms with Crippen LogP contribution in [0, 0.1) is 13.8 Å². The molecule has 8 heteroatoms. The summed E-state index contributed by atoms with van der Waals surface area (Å²) in [6.45, 7) is 4.78. The number of carbonyl (C=O) groups is 2. The lowest BCUT2D eigenvalue weighted by molar-refractivity contribution is -0.154. The van der Waals surface area contributed by atoms with Gasteiger partial charge in [0.25, 0.3) is 5.91 Å². The summed E-state index contributed by atoms with van der Waals surface area (Å²) in [7, 11) is 0. The Kier molecular flexibility index (Phi) is 5.92. The SMILES string of the molecule is Cc1ccc(C)c(NC(=O)[C@H](C)OC(=O)Cn2nc(-c3ccccc3)oc2=O)c1. The van der Waals surface area contributed by atoms with E-state index in [4.69, 9.17) is 9.15 Å². The summed E-state index contributed by atoms with van der Waals surface area (Å²) in [5.41, 5.74) is 3.15.